The lowest BCUT2D eigenvalue weighted by Crippen LogP contribution is -2.23. The summed E-state index contributed by atoms with van der Waals surface area (Å²) in [6.07, 6.45) is 0.970. The molecule has 2 heterocycles. The molecule has 0 spiro atoms. The zero-order valence-electron chi connectivity index (χ0n) is 20.5. The highest BCUT2D eigenvalue weighted by molar-refractivity contribution is 6.00. The zero-order chi connectivity index (χ0) is 24.7. The Bertz CT molecular complexity index is 1470. The maximum atomic E-state index is 13.1. The summed E-state index contributed by atoms with van der Waals surface area (Å²) in [6, 6.07) is 11.8. The molecule has 2 aromatic carbocycles. The maximum Gasteiger partial charge on any atom is 0.230 e. The molecule has 8 heteroatoms. The molecular weight excluding hydrogens is 442 g/mol. The van der Waals surface area contributed by atoms with Crippen molar-refractivity contribution in [2.24, 2.45) is 0 Å². The fourth-order valence-corrected chi connectivity index (χ4v) is 4.76. The van der Waals surface area contributed by atoms with Crippen molar-refractivity contribution in [2.45, 2.75) is 39.5 Å². The van der Waals surface area contributed by atoms with Gasteiger partial charge in [0.25, 0.3) is 0 Å². The molecule has 0 fully saturated rings. The van der Waals surface area contributed by atoms with E-state index in [4.69, 9.17) is 14.5 Å². The Balaban J connectivity index is 1.49. The number of carbonyl (C=O) groups is 1. The van der Waals surface area contributed by atoms with Crippen LogP contribution in [0.3, 0.4) is 0 Å². The van der Waals surface area contributed by atoms with Gasteiger partial charge in [0.2, 0.25) is 11.9 Å². The number of aryl methyl sites for hydroxylation is 3. The van der Waals surface area contributed by atoms with Crippen LogP contribution in [0.1, 0.15) is 50.9 Å². The second-order valence-electron chi connectivity index (χ2n) is 8.87. The van der Waals surface area contributed by atoms with Crippen LogP contribution in [0, 0.1) is 20.8 Å². The fraction of sp³-hybridized carbons (Fsp3) is 0.296. The lowest BCUT2D eigenvalue weighted by molar-refractivity contribution is 0.0961. The number of rotatable bonds is 5. The fourth-order valence-electron chi connectivity index (χ4n) is 4.76. The molecule has 5 rings (SSSR count). The Labute approximate surface area is 203 Å². The first kappa shape index (κ1) is 22.7. The zero-order valence-corrected chi connectivity index (χ0v) is 20.5. The molecule has 1 unspecified atom stereocenters. The van der Waals surface area contributed by atoms with Crippen molar-refractivity contribution < 1.29 is 14.3 Å². The molecule has 178 valence electrons. The van der Waals surface area contributed by atoms with Gasteiger partial charge in [-0.1, -0.05) is 17.7 Å². The third-order valence-corrected chi connectivity index (χ3v) is 6.46. The quantitative estimate of drug-likeness (QED) is 0.435. The highest BCUT2D eigenvalue weighted by Gasteiger charge is 2.31. The summed E-state index contributed by atoms with van der Waals surface area (Å²) < 4.78 is 10.9. The van der Waals surface area contributed by atoms with Crippen molar-refractivity contribution in [3.05, 3.63) is 70.2 Å². The van der Waals surface area contributed by atoms with E-state index < -0.39 is 0 Å². The number of ketones is 1. The van der Waals surface area contributed by atoms with Gasteiger partial charge >= 0.3 is 0 Å². The summed E-state index contributed by atoms with van der Waals surface area (Å²) in [7, 11) is 3.24. The molecule has 0 bridgehead atoms. The van der Waals surface area contributed by atoms with Gasteiger partial charge in [-0.3, -0.25) is 10.1 Å². The molecule has 0 amide bonds. The average Bonchev–Trinajstić information content (AvgIpc) is 2.83. The van der Waals surface area contributed by atoms with Gasteiger partial charge in [-0.15, -0.1) is 0 Å². The van der Waals surface area contributed by atoms with Crippen LogP contribution in [0.2, 0.25) is 0 Å². The van der Waals surface area contributed by atoms with E-state index in [1.54, 1.807) is 14.2 Å². The molecule has 8 nitrogen and oxygen atoms in total. The molecule has 1 atom stereocenters. The Morgan fingerprint density at radius 3 is 2.40 bits per heavy atom. The predicted molar refractivity (Wildman–Crippen MR) is 134 cm³/mol. The van der Waals surface area contributed by atoms with Crippen LogP contribution in [0.4, 0.5) is 11.9 Å². The number of fused-ring (bicyclic) bond motifs is 2. The minimum Gasteiger partial charge on any atom is -0.497 e. The number of hydrogen-bond donors (Lipinski definition) is 1. The van der Waals surface area contributed by atoms with E-state index in [0.717, 1.165) is 27.7 Å². The summed E-state index contributed by atoms with van der Waals surface area (Å²) in [4.78, 5) is 31.6. The number of Topliss-reactive ketones (excluding diaryl/α,β-unsaturated/α-hetero) is 1. The van der Waals surface area contributed by atoms with Crippen LogP contribution >= 0.6 is 0 Å². The number of ether oxygens (including phenoxy) is 2. The van der Waals surface area contributed by atoms with E-state index >= 15 is 0 Å². The van der Waals surface area contributed by atoms with E-state index in [1.807, 2.05) is 51.1 Å². The Morgan fingerprint density at radius 2 is 1.63 bits per heavy atom. The summed E-state index contributed by atoms with van der Waals surface area (Å²) in [5.74, 6) is 2.19. The van der Waals surface area contributed by atoms with Crippen LogP contribution in [0.15, 0.2) is 36.4 Å². The lowest BCUT2D eigenvalue weighted by atomic mass is 9.81. The Morgan fingerprint density at radius 1 is 0.857 bits per heavy atom. The van der Waals surface area contributed by atoms with Gasteiger partial charge in [0.1, 0.15) is 11.5 Å². The first-order valence-electron chi connectivity index (χ1n) is 11.5. The standard InChI is InChI=1S/C27H27N5O3/c1-14-6-9-21-20(10-14)15(2)28-26(30-21)32-27-29-16(3)25-22(31-27)11-17(12-23(25)33)19-8-7-18(34-4)13-24(19)35-5/h6-10,13,17H,11-12H2,1-5H3,(H,28,29,30,31,32). The van der Waals surface area contributed by atoms with Gasteiger partial charge in [0.05, 0.1) is 42.4 Å². The van der Waals surface area contributed by atoms with Crippen molar-refractivity contribution in [2.75, 3.05) is 19.5 Å². The summed E-state index contributed by atoms with van der Waals surface area (Å²) in [5, 5.41) is 4.17. The number of hydrogen-bond acceptors (Lipinski definition) is 8. The van der Waals surface area contributed by atoms with Gasteiger partial charge in [-0.2, -0.15) is 0 Å². The van der Waals surface area contributed by atoms with Gasteiger partial charge in [0.15, 0.2) is 5.78 Å². The van der Waals surface area contributed by atoms with Crippen molar-refractivity contribution in [1.29, 1.82) is 0 Å². The minimum absolute atomic E-state index is 0.0336. The second kappa shape index (κ2) is 8.94. The smallest absolute Gasteiger partial charge is 0.230 e. The van der Waals surface area contributed by atoms with E-state index in [2.05, 4.69) is 26.3 Å². The van der Waals surface area contributed by atoms with Crippen molar-refractivity contribution >= 4 is 28.6 Å². The minimum atomic E-state index is -0.0552. The molecule has 0 saturated carbocycles. The van der Waals surface area contributed by atoms with E-state index in [-0.39, 0.29) is 11.7 Å². The largest absolute Gasteiger partial charge is 0.497 e. The molecule has 1 aliphatic rings. The number of anilines is 2. The number of aromatic nitrogens is 4. The summed E-state index contributed by atoms with van der Waals surface area (Å²) in [5.41, 5.74) is 5.81. The van der Waals surface area contributed by atoms with Crippen LogP contribution in [-0.2, 0) is 6.42 Å². The molecule has 0 aliphatic heterocycles. The molecule has 0 radical (unpaired) electrons. The van der Waals surface area contributed by atoms with Gasteiger partial charge < -0.3 is 9.47 Å². The topological polar surface area (TPSA) is 99.1 Å². The number of nitrogens with zero attached hydrogens (tertiary/aromatic N) is 4. The highest BCUT2D eigenvalue weighted by atomic mass is 16.5. The van der Waals surface area contributed by atoms with Gasteiger partial charge in [-0.05, 0) is 51.0 Å². The Hall–Kier alpha value is -4.07. The van der Waals surface area contributed by atoms with Crippen molar-refractivity contribution in [3.8, 4) is 11.5 Å². The SMILES string of the molecule is COc1ccc(C2CC(=O)c3c(C)nc(Nc4nc(C)c5cc(C)ccc5n4)nc3C2)c(OC)c1. The lowest BCUT2D eigenvalue weighted by Gasteiger charge is -2.26. The van der Waals surface area contributed by atoms with Crippen LogP contribution in [0.25, 0.3) is 10.9 Å². The van der Waals surface area contributed by atoms with E-state index in [1.165, 1.54) is 0 Å². The highest BCUT2D eigenvalue weighted by Crippen LogP contribution is 2.39. The summed E-state index contributed by atoms with van der Waals surface area (Å²) >= 11 is 0. The van der Waals surface area contributed by atoms with Crippen LogP contribution in [0.5, 0.6) is 11.5 Å². The summed E-state index contributed by atoms with van der Waals surface area (Å²) in [6.45, 7) is 5.84. The molecular formula is C27H27N5O3. The third-order valence-electron chi connectivity index (χ3n) is 6.46. The molecule has 4 aromatic rings. The molecule has 1 N–H and O–H groups in total. The number of carbonyl (C=O) groups excluding carboxylic acids is 1. The maximum absolute atomic E-state index is 13.1. The first-order chi connectivity index (χ1) is 16.9. The molecule has 0 saturated heterocycles. The molecule has 35 heavy (non-hydrogen) atoms. The van der Waals surface area contributed by atoms with E-state index in [0.29, 0.717) is 53.2 Å². The van der Waals surface area contributed by atoms with Crippen molar-refractivity contribution in [3.63, 3.8) is 0 Å². The first-order valence-corrected chi connectivity index (χ1v) is 11.5. The van der Waals surface area contributed by atoms with Crippen LogP contribution in [-0.4, -0.2) is 39.9 Å². The molecule has 1 aliphatic carbocycles. The normalized spacial score (nSPS) is 15.1. The monoisotopic (exact) mass is 469 g/mol. The third kappa shape index (κ3) is 4.27. The molecule has 2 aromatic heterocycles. The van der Waals surface area contributed by atoms with E-state index in [9.17, 15) is 4.79 Å². The van der Waals surface area contributed by atoms with Gasteiger partial charge in [-0.25, -0.2) is 19.9 Å². The number of benzene rings is 2. The van der Waals surface area contributed by atoms with Gasteiger partial charge in [0, 0.05) is 23.8 Å². The predicted octanol–water partition coefficient (Wildman–Crippen LogP) is 5.02. The van der Waals surface area contributed by atoms with Crippen molar-refractivity contribution in [1.82, 2.24) is 19.9 Å². The number of methoxy groups -OCH3 is 2. The van der Waals surface area contributed by atoms with Crippen LogP contribution < -0.4 is 14.8 Å². The Kier molecular flexibility index (Phi) is 5.80. The number of nitrogens with one attached hydrogen (secondary N) is 1. The average molecular weight is 470 g/mol. The second-order valence-corrected chi connectivity index (χ2v) is 8.87.